The standard InChI is InChI=1S/C24H32N4O3/c1-27(13-14-29)22(30)15-19-16-25-23(18-7-8-18)26-24(19)28-11-9-17(10-12-28)20-5-3-4-6-21(20)31-2/h3-6,16-18,29H,7-15H2,1-2H3. The van der Waals surface area contributed by atoms with Gasteiger partial charge in [-0.05, 0) is 43.2 Å². The Morgan fingerprint density at radius 1 is 1.19 bits per heavy atom. The Hall–Kier alpha value is -2.67. The zero-order valence-electron chi connectivity index (χ0n) is 18.5. The quantitative estimate of drug-likeness (QED) is 0.702. The van der Waals surface area contributed by atoms with Crippen molar-refractivity contribution in [2.45, 2.75) is 43.9 Å². The second kappa shape index (κ2) is 9.64. The zero-order valence-corrected chi connectivity index (χ0v) is 18.5. The van der Waals surface area contributed by atoms with E-state index in [0.29, 0.717) is 18.4 Å². The predicted octanol–water partition coefficient (Wildman–Crippen LogP) is 2.74. The summed E-state index contributed by atoms with van der Waals surface area (Å²) >= 11 is 0. The number of methoxy groups -OCH3 is 1. The number of piperidine rings is 1. The van der Waals surface area contributed by atoms with E-state index < -0.39 is 0 Å². The van der Waals surface area contributed by atoms with Crippen LogP contribution in [0, 0.1) is 0 Å². The fraction of sp³-hybridized carbons (Fsp3) is 0.542. The largest absolute Gasteiger partial charge is 0.496 e. The first-order valence-electron chi connectivity index (χ1n) is 11.2. The lowest BCUT2D eigenvalue weighted by Crippen LogP contribution is -2.36. The Morgan fingerprint density at radius 2 is 1.94 bits per heavy atom. The summed E-state index contributed by atoms with van der Waals surface area (Å²) in [6.07, 6.45) is 6.41. The number of aliphatic hydroxyl groups is 1. The third kappa shape index (κ3) is 4.98. The number of carbonyl (C=O) groups excluding carboxylic acids is 1. The van der Waals surface area contributed by atoms with Gasteiger partial charge < -0.3 is 19.6 Å². The number of ether oxygens (including phenoxy) is 1. The third-order valence-corrected chi connectivity index (χ3v) is 6.38. The Bertz CT molecular complexity index is 907. The summed E-state index contributed by atoms with van der Waals surface area (Å²) in [6, 6.07) is 8.27. The number of rotatable bonds is 8. The molecule has 0 bridgehead atoms. The molecule has 31 heavy (non-hydrogen) atoms. The van der Waals surface area contributed by atoms with Gasteiger partial charge in [0.05, 0.1) is 20.1 Å². The van der Waals surface area contributed by atoms with Gasteiger partial charge in [0, 0.05) is 44.4 Å². The van der Waals surface area contributed by atoms with Gasteiger partial charge in [-0.2, -0.15) is 0 Å². The molecule has 7 heteroatoms. The van der Waals surface area contributed by atoms with Crippen LogP contribution in [0.3, 0.4) is 0 Å². The highest BCUT2D eigenvalue weighted by Gasteiger charge is 2.30. The van der Waals surface area contributed by atoms with Crippen molar-refractivity contribution in [2.24, 2.45) is 0 Å². The Balaban J connectivity index is 1.51. The molecule has 166 valence electrons. The summed E-state index contributed by atoms with van der Waals surface area (Å²) < 4.78 is 5.57. The van der Waals surface area contributed by atoms with Crippen LogP contribution >= 0.6 is 0 Å². The van der Waals surface area contributed by atoms with Crippen molar-refractivity contribution < 1.29 is 14.6 Å². The van der Waals surface area contributed by atoms with Crippen LogP contribution in [0.5, 0.6) is 5.75 Å². The van der Waals surface area contributed by atoms with E-state index in [2.05, 4.69) is 22.0 Å². The van der Waals surface area contributed by atoms with Crippen molar-refractivity contribution in [3.63, 3.8) is 0 Å². The predicted molar refractivity (Wildman–Crippen MR) is 120 cm³/mol. The molecule has 0 radical (unpaired) electrons. The van der Waals surface area contributed by atoms with Gasteiger partial charge in [0.15, 0.2) is 0 Å². The number of hydrogen-bond donors (Lipinski definition) is 1. The molecule has 2 aromatic rings. The molecule has 0 atom stereocenters. The lowest BCUT2D eigenvalue weighted by Gasteiger charge is -2.34. The second-order valence-corrected chi connectivity index (χ2v) is 8.57. The summed E-state index contributed by atoms with van der Waals surface area (Å²) in [5, 5.41) is 9.13. The minimum absolute atomic E-state index is 0.0259. The molecule has 2 heterocycles. The number of likely N-dealkylation sites (N-methyl/N-ethyl adjacent to an activating group) is 1. The fourth-order valence-electron chi connectivity index (χ4n) is 4.33. The highest BCUT2D eigenvalue weighted by molar-refractivity contribution is 5.80. The lowest BCUT2D eigenvalue weighted by atomic mass is 9.88. The van der Waals surface area contributed by atoms with Gasteiger partial charge in [-0.1, -0.05) is 18.2 Å². The molecule has 0 spiro atoms. The summed E-state index contributed by atoms with van der Waals surface area (Å²) in [6.45, 7) is 2.07. The number of amides is 1. The average molecular weight is 425 g/mol. The Morgan fingerprint density at radius 3 is 2.61 bits per heavy atom. The number of para-hydroxylation sites is 1. The van der Waals surface area contributed by atoms with Gasteiger partial charge in [0.1, 0.15) is 17.4 Å². The van der Waals surface area contributed by atoms with E-state index in [-0.39, 0.29) is 18.9 Å². The third-order valence-electron chi connectivity index (χ3n) is 6.38. The maximum atomic E-state index is 12.6. The molecule has 1 aromatic heterocycles. The summed E-state index contributed by atoms with van der Waals surface area (Å²) in [7, 11) is 3.45. The van der Waals surface area contributed by atoms with Crippen LogP contribution < -0.4 is 9.64 Å². The van der Waals surface area contributed by atoms with Crippen molar-refractivity contribution in [3.8, 4) is 5.75 Å². The van der Waals surface area contributed by atoms with E-state index in [0.717, 1.165) is 61.7 Å². The first-order chi connectivity index (χ1) is 15.1. The maximum Gasteiger partial charge on any atom is 0.227 e. The van der Waals surface area contributed by atoms with E-state index in [1.807, 2.05) is 18.3 Å². The van der Waals surface area contributed by atoms with E-state index >= 15 is 0 Å². The normalized spacial score (nSPS) is 16.9. The first-order valence-corrected chi connectivity index (χ1v) is 11.2. The zero-order chi connectivity index (χ0) is 21.8. The molecule has 2 fully saturated rings. The minimum Gasteiger partial charge on any atom is -0.496 e. The van der Waals surface area contributed by atoms with Gasteiger partial charge in [0.25, 0.3) is 0 Å². The van der Waals surface area contributed by atoms with Crippen LogP contribution in [0.25, 0.3) is 0 Å². The number of benzene rings is 1. The molecular formula is C24H32N4O3. The number of nitrogens with zero attached hydrogens (tertiary/aromatic N) is 4. The minimum atomic E-state index is -0.0390. The molecule has 1 saturated heterocycles. The number of carbonyl (C=O) groups is 1. The fourth-order valence-corrected chi connectivity index (χ4v) is 4.33. The van der Waals surface area contributed by atoms with Crippen molar-refractivity contribution in [1.29, 1.82) is 0 Å². The van der Waals surface area contributed by atoms with E-state index in [1.54, 1.807) is 19.1 Å². The molecule has 4 rings (SSSR count). The molecule has 1 aliphatic heterocycles. The molecular weight excluding hydrogens is 392 g/mol. The molecule has 1 N–H and O–H groups in total. The summed E-state index contributed by atoms with van der Waals surface area (Å²) in [5.74, 6) is 3.66. The van der Waals surface area contributed by atoms with E-state index in [1.165, 1.54) is 5.56 Å². The monoisotopic (exact) mass is 424 g/mol. The van der Waals surface area contributed by atoms with Crippen molar-refractivity contribution in [3.05, 3.63) is 47.4 Å². The van der Waals surface area contributed by atoms with Crippen LogP contribution in [-0.4, -0.2) is 66.3 Å². The van der Waals surface area contributed by atoms with E-state index in [4.69, 9.17) is 14.8 Å². The topological polar surface area (TPSA) is 78.8 Å². The number of aromatic nitrogens is 2. The van der Waals surface area contributed by atoms with Gasteiger partial charge in [-0.3, -0.25) is 4.79 Å². The number of aliphatic hydroxyl groups excluding tert-OH is 1. The van der Waals surface area contributed by atoms with Gasteiger partial charge in [-0.25, -0.2) is 9.97 Å². The lowest BCUT2D eigenvalue weighted by molar-refractivity contribution is -0.129. The van der Waals surface area contributed by atoms with Crippen molar-refractivity contribution in [2.75, 3.05) is 45.3 Å². The molecule has 1 saturated carbocycles. The highest BCUT2D eigenvalue weighted by atomic mass is 16.5. The molecule has 1 aromatic carbocycles. The Labute approximate surface area is 184 Å². The van der Waals surface area contributed by atoms with Crippen molar-refractivity contribution >= 4 is 11.7 Å². The maximum absolute atomic E-state index is 12.6. The van der Waals surface area contributed by atoms with Crippen LogP contribution in [0.2, 0.25) is 0 Å². The van der Waals surface area contributed by atoms with Crippen LogP contribution in [-0.2, 0) is 11.2 Å². The van der Waals surface area contributed by atoms with Crippen LogP contribution in [0.1, 0.15) is 54.5 Å². The highest BCUT2D eigenvalue weighted by Crippen LogP contribution is 2.40. The Kier molecular flexibility index (Phi) is 6.70. The number of anilines is 1. The summed E-state index contributed by atoms with van der Waals surface area (Å²) in [5.41, 5.74) is 2.14. The van der Waals surface area contributed by atoms with Gasteiger partial charge >= 0.3 is 0 Å². The summed E-state index contributed by atoms with van der Waals surface area (Å²) in [4.78, 5) is 26.0. The number of hydrogen-bond acceptors (Lipinski definition) is 6. The molecule has 2 aliphatic rings. The van der Waals surface area contributed by atoms with Gasteiger partial charge in [0.2, 0.25) is 5.91 Å². The van der Waals surface area contributed by atoms with Crippen LogP contribution in [0.15, 0.2) is 30.5 Å². The smallest absolute Gasteiger partial charge is 0.227 e. The SMILES string of the molecule is COc1ccccc1C1CCN(c2nc(C3CC3)ncc2CC(=O)N(C)CCO)CC1. The molecule has 1 amide bonds. The molecule has 1 aliphatic carbocycles. The first kappa shape index (κ1) is 21.6. The van der Waals surface area contributed by atoms with Gasteiger partial charge in [-0.15, -0.1) is 0 Å². The molecule has 0 unspecified atom stereocenters. The average Bonchev–Trinajstić information content (AvgIpc) is 3.65. The van der Waals surface area contributed by atoms with Crippen LogP contribution in [0.4, 0.5) is 5.82 Å². The second-order valence-electron chi connectivity index (χ2n) is 8.57. The van der Waals surface area contributed by atoms with Crippen molar-refractivity contribution in [1.82, 2.24) is 14.9 Å². The van der Waals surface area contributed by atoms with E-state index in [9.17, 15) is 4.79 Å². The molecule has 7 nitrogen and oxygen atoms in total.